The smallest absolute Gasteiger partial charge is 0.330 e. The van der Waals surface area contributed by atoms with E-state index < -0.39 is 17.2 Å². The maximum absolute atomic E-state index is 11.7. The third-order valence-electron chi connectivity index (χ3n) is 2.80. The lowest BCUT2D eigenvalue weighted by Crippen LogP contribution is -2.39. The lowest BCUT2D eigenvalue weighted by atomic mass is 10.3. The molecule has 0 aromatic carbocycles. The molecule has 2 rings (SSSR count). The van der Waals surface area contributed by atoms with Crippen LogP contribution in [-0.4, -0.2) is 15.0 Å². The molecule has 1 N–H and O–H groups in total. The van der Waals surface area contributed by atoms with Crippen LogP contribution in [0.2, 0.25) is 0 Å². The molecule has 2 aromatic heterocycles. The van der Waals surface area contributed by atoms with Gasteiger partial charge in [-0.3, -0.25) is 18.7 Å². The highest BCUT2D eigenvalue weighted by molar-refractivity contribution is 5.91. The normalized spacial score (nSPS) is 10.4. The van der Waals surface area contributed by atoms with E-state index in [1.165, 1.54) is 37.1 Å². The Labute approximate surface area is 108 Å². The second-order valence-electron chi connectivity index (χ2n) is 4.03. The zero-order chi connectivity index (χ0) is 14.0. The number of furan rings is 1. The van der Waals surface area contributed by atoms with Crippen molar-refractivity contribution in [3.8, 4) is 0 Å². The number of amides is 1. The van der Waals surface area contributed by atoms with Crippen molar-refractivity contribution in [2.45, 2.75) is 6.54 Å². The predicted octanol–water partition coefficient (Wildman–Crippen LogP) is -0.393. The fourth-order valence-corrected chi connectivity index (χ4v) is 1.61. The van der Waals surface area contributed by atoms with Gasteiger partial charge < -0.3 is 9.73 Å². The van der Waals surface area contributed by atoms with Gasteiger partial charge in [0, 0.05) is 25.9 Å². The number of aromatic nitrogens is 2. The van der Waals surface area contributed by atoms with E-state index in [0.29, 0.717) is 5.69 Å². The van der Waals surface area contributed by atoms with Crippen LogP contribution in [0.4, 0.5) is 0 Å². The summed E-state index contributed by atoms with van der Waals surface area (Å²) >= 11 is 0. The molecular formula is C12H13N3O4. The molecule has 0 saturated carbocycles. The Bertz CT molecular complexity index is 710. The summed E-state index contributed by atoms with van der Waals surface area (Å²) in [5, 5.41) is 2.58. The second-order valence-corrected chi connectivity index (χ2v) is 4.03. The van der Waals surface area contributed by atoms with Gasteiger partial charge in [-0.1, -0.05) is 0 Å². The van der Waals surface area contributed by atoms with Crippen molar-refractivity contribution in [2.75, 3.05) is 0 Å². The average Bonchev–Trinajstić information content (AvgIpc) is 2.92. The lowest BCUT2D eigenvalue weighted by molar-refractivity contribution is 0.0922. The van der Waals surface area contributed by atoms with Gasteiger partial charge in [0.1, 0.15) is 0 Å². The Morgan fingerprint density at radius 3 is 2.68 bits per heavy atom. The van der Waals surface area contributed by atoms with Crippen LogP contribution in [0.25, 0.3) is 0 Å². The molecule has 0 saturated heterocycles. The Hall–Kier alpha value is -2.57. The Morgan fingerprint density at radius 1 is 1.32 bits per heavy atom. The molecule has 0 fully saturated rings. The number of carbonyl (C=O) groups is 1. The average molecular weight is 263 g/mol. The Morgan fingerprint density at radius 2 is 2.05 bits per heavy atom. The van der Waals surface area contributed by atoms with E-state index >= 15 is 0 Å². The topological polar surface area (TPSA) is 86.2 Å². The molecule has 1 amide bonds. The van der Waals surface area contributed by atoms with Crippen molar-refractivity contribution in [2.24, 2.45) is 14.1 Å². The van der Waals surface area contributed by atoms with Gasteiger partial charge in [0.2, 0.25) is 0 Å². The molecule has 0 radical (unpaired) electrons. The van der Waals surface area contributed by atoms with Crippen LogP contribution < -0.4 is 16.6 Å². The minimum Gasteiger partial charge on any atom is -0.459 e. The van der Waals surface area contributed by atoms with E-state index in [1.807, 2.05) is 0 Å². The van der Waals surface area contributed by atoms with Gasteiger partial charge in [-0.15, -0.1) is 0 Å². The lowest BCUT2D eigenvalue weighted by Gasteiger charge is -2.09. The highest BCUT2D eigenvalue weighted by Crippen LogP contribution is 2.00. The second kappa shape index (κ2) is 4.97. The van der Waals surface area contributed by atoms with E-state index in [9.17, 15) is 14.4 Å². The molecule has 19 heavy (non-hydrogen) atoms. The SMILES string of the molecule is Cn1c(CNC(=O)c2ccco2)cc(=O)n(C)c1=O. The van der Waals surface area contributed by atoms with Crippen LogP contribution in [0, 0.1) is 0 Å². The molecule has 0 atom stereocenters. The molecule has 0 bridgehead atoms. The zero-order valence-corrected chi connectivity index (χ0v) is 10.5. The van der Waals surface area contributed by atoms with Gasteiger partial charge >= 0.3 is 5.69 Å². The molecule has 2 heterocycles. The zero-order valence-electron chi connectivity index (χ0n) is 10.5. The summed E-state index contributed by atoms with van der Waals surface area (Å²) < 4.78 is 7.24. The van der Waals surface area contributed by atoms with Crippen molar-refractivity contribution in [3.63, 3.8) is 0 Å². The maximum atomic E-state index is 11.7. The highest BCUT2D eigenvalue weighted by Gasteiger charge is 2.10. The molecule has 2 aromatic rings. The van der Waals surface area contributed by atoms with Gasteiger partial charge in [0.05, 0.1) is 12.8 Å². The molecule has 100 valence electrons. The Balaban J connectivity index is 2.19. The summed E-state index contributed by atoms with van der Waals surface area (Å²) in [5.41, 5.74) is -0.423. The molecule has 0 unspecified atom stereocenters. The quantitative estimate of drug-likeness (QED) is 0.817. The van der Waals surface area contributed by atoms with Gasteiger partial charge in [0.15, 0.2) is 5.76 Å². The number of hydrogen-bond donors (Lipinski definition) is 1. The number of nitrogens with zero attached hydrogens (tertiary/aromatic N) is 2. The van der Waals surface area contributed by atoms with E-state index in [-0.39, 0.29) is 12.3 Å². The summed E-state index contributed by atoms with van der Waals surface area (Å²) in [6.07, 6.45) is 1.39. The first-order valence-electron chi connectivity index (χ1n) is 5.58. The van der Waals surface area contributed by atoms with Crippen LogP contribution in [0.1, 0.15) is 16.2 Å². The van der Waals surface area contributed by atoms with Crippen LogP contribution in [0.3, 0.4) is 0 Å². The Kier molecular flexibility index (Phi) is 3.37. The van der Waals surface area contributed by atoms with E-state index in [0.717, 1.165) is 4.57 Å². The van der Waals surface area contributed by atoms with Crippen LogP contribution in [0.5, 0.6) is 0 Å². The van der Waals surface area contributed by atoms with Crippen molar-refractivity contribution in [3.05, 3.63) is 56.8 Å². The van der Waals surface area contributed by atoms with Crippen LogP contribution in [0.15, 0.2) is 38.5 Å². The summed E-state index contributed by atoms with van der Waals surface area (Å²) in [6, 6.07) is 4.44. The fourth-order valence-electron chi connectivity index (χ4n) is 1.61. The molecule has 0 aliphatic rings. The van der Waals surface area contributed by atoms with E-state index in [2.05, 4.69) is 5.32 Å². The van der Waals surface area contributed by atoms with Gasteiger partial charge in [-0.25, -0.2) is 4.79 Å². The fraction of sp³-hybridized carbons (Fsp3) is 0.250. The molecule has 7 nitrogen and oxygen atoms in total. The maximum Gasteiger partial charge on any atom is 0.330 e. The molecular weight excluding hydrogens is 250 g/mol. The highest BCUT2D eigenvalue weighted by atomic mass is 16.3. The van der Waals surface area contributed by atoms with Crippen molar-refractivity contribution >= 4 is 5.91 Å². The number of carbonyl (C=O) groups excluding carboxylic acids is 1. The van der Waals surface area contributed by atoms with Crippen molar-refractivity contribution in [1.82, 2.24) is 14.5 Å². The van der Waals surface area contributed by atoms with E-state index in [4.69, 9.17) is 4.42 Å². The first-order chi connectivity index (χ1) is 9.00. The summed E-state index contributed by atoms with van der Waals surface area (Å²) in [5.74, 6) is -0.230. The first kappa shape index (κ1) is 12.9. The van der Waals surface area contributed by atoms with Crippen LogP contribution in [-0.2, 0) is 20.6 Å². The molecule has 0 aliphatic heterocycles. The number of rotatable bonds is 3. The number of nitrogens with one attached hydrogen (secondary N) is 1. The molecule has 0 spiro atoms. The largest absolute Gasteiger partial charge is 0.459 e. The van der Waals surface area contributed by atoms with Gasteiger partial charge in [0.25, 0.3) is 11.5 Å². The number of hydrogen-bond acceptors (Lipinski definition) is 4. The minimum absolute atomic E-state index is 0.0708. The van der Waals surface area contributed by atoms with Gasteiger partial charge in [-0.2, -0.15) is 0 Å². The summed E-state index contributed by atoms with van der Waals surface area (Å²) in [4.78, 5) is 34.8. The molecule has 0 aliphatic carbocycles. The summed E-state index contributed by atoms with van der Waals surface area (Å²) in [6.45, 7) is 0.0708. The third kappa shape index (κ3) is 2.49. The predicted molar refractivity (Wildman–Crippen MR) is 66.8 cm³/mol. The van der Waals surface area contributed by atoms with E-state index in [1.54, 1.807) is 6.07 Å². The van der Waals surface area contributed by atoms with Crippen LogP contribution >= 0.6 is 0 Å². The van der Waals surface area contributed by atoms with Crippen molar-refractivity contribution in [1.29, 1.82) is 0 Å². The third-order valence-corrected chi connectivity index (χ3v) is 2.80. The molecule has 7 heteroatoms. The van der Waals surface area contributed by atoms with Crippen molar-refractivity contribution < 1.29 is 9.21 Å². The monoisotopic (exact) mass is 263 g/mol. The summed E-state index contributed by atoms with van der Waals surface area (Å²) in [7, 11) is 2.94. The standard InChI is InChI=1S/C12H13N3O4/c1-14-8(6-10(16)15(2)12(14)18)7-13-11(17)9-4-3-5-19-9/h3-6H,7H2,1-2H3,(H,13,17). The minimum atomic E-state index is -0.435. The first-order valence-corrected chi connectivity index (χ1v) is 5.58. The van der Waals surface area contributed by atoms with Gasteiger partial charge in [-0.05, 0) is 12.1 Å².